The Labute approximate surface area is 184 Å². The lowest BCUT2D eigenvalue weighted by Gasteiger charge is -2.41. The van der Waals surface area contributed by atoms with Crippen molar-refractivity contribution in [1.29, 1.82) is 0 Å². The van der Waals surface area contributed by atoms with Crippen LogP contribution < -0.4 is 5.32 Å². The Hall–Kier alpha value is -2.73. The molecule has 31 heavy (non-hydrogen) atoms. The molecule has 5 nitrogen and oxygen atoms in total. The summed E-state index contributed by atoms with van der Waals surface area (Å²) in [5.41, 5.74) is 2.20. The average Bonchev–Trinajstić information content (AvgIpc) is 2.79. The molecule has 0 atom stereocenters. The van der Waals surface area contributed by atoms with E-state index < -0.39 is 5.82 Å². The molecule has 2 fully saturated rings. The van der Waals surface area contributed by atoms with Crippen LogP contribution >= 0.6 is 0 Å². The highest BCUT2D eigenvalue weighted by Gasteiger charge is 2.27. The molecule has 1 saturated heterocycles. The summed E-state index contributed by atoms with van der Waals surface area (Å²) < 4.78 is 13.6. The lowest BCUT2D eigenvalue weighted by Crippen LogP contribution is -2.55. The molecular weight excluding hydrogens is 391 g/mol. The van der Waals surface area contributed by atoms with E-state index in [9.17, 15) is 9.18 Å². The molecule has 0 aromatic heterocycles. The van der Waals surface area contributed by atoms with Crippen molar-refractivity contribution in [2.75, 3.05) is 26.2 Å². The number of halogens is 1. The fourth-order valence-corrected chi connectivity index (χ4v) is 4.55. The van der Waals surface area contributed by atoms with E-state index in [1.54, 1.807) is 12.1 Å². The second-order valence-electron chi connectivity index (χ2n) is 8.55. The van der Waals surface area contributed by atoms with Gasteiger partial charge in [0.05, 0.1) is 5.69 Å². The van der Waals surface area contributed by atoms with Gasteiger partial charge in [0.1, 0.15) is 5.82 Å². The van der Waals surface area contributed by atoms with Gasteiger partial charge in [-0.05, 0) is 55.7 Å². The fraction of sp³-hybridized carbons (Fsp3) is 0.440. The molecule has 1 aliphatic heterocycles. The van der Waals surface area contributed by atoms with Gasteiger partial charge in [0.2, 0.25) is 5.96 Å². The molecule has 1 amide bonds. The topological polar surface area (TPSA) is 47.9 Å². The molecule has 0 bridgehead atoms. The number of amides is 1. The summed E-state index contributed by atoms with van der Waals surface area (Å²) in [5, 5.41) is 2.94. The zero-order chi connectivity index (χ0) is 21.6. The SMILES string of the molecule is Cc1cccc(N=C(NC(=O)c2cccc(F)c2)N2CCN(C3CCCCC3)CC2)c1. The molecule has 4 rings (SSSR count). The van der Waals surface area contributed by atoms with E-state index >= 15 is 0 Å². The van der Waals surface area contributed by atoms with Crippen molar-refractivity contribution in [3.63, 3.8) is 0 Å². The third-order valence-corrected chi connectivity index (χ3v) is 6.25. The molecule has 164 valence electrons. The zero-order valence-electron chi connectivity index (χ0n) is 18.2. The predicted molar refractivity (Wildman–Crippen MR) is 122 cm³/mol. The maximum atomic E-state index is 13.6. The minimum absolute atomic E-state index is 0.290. The Morgan fingerprint density at radius 1 is 1.00 bits per heavy atom. The van der Waals surface area contributed by atoms with Crippen LogP contribution in [0.1, 0.15) is 48.0 Å². The highest BCUT2D eigenvalue weighted by atomic mass is 19.1. The summed E-state index contributed by atoms with van der Waals surface area (Å²) in [7, 11) is 0. The van der Waals surface area contributed by atoms with E-state index in [0.29, 0.717) is 12.0 Å². The first-order valence-electron chi connectivity index (χ1n) is 11.3. The molecular formula is C25H31FN4O. The number of aryl methyl sites for hydroxylation is 1. The maximum Gasteiger partial charge on any atom is 0.258 e. The third kappa shape index (κ3) is 5.70. The molecule has 1 heterocycles. The van der Waals surface area contributed by atoms with Crippen LogP contribution in [-0.4, -0.2) is 53.9 Å². The van der Waals surface area contributed by atoms with Crippen molar-refractivity contribution in [3.05, 3.63) is 65.5 Å². The molecule has 2 aliphatic rings. The second kappa shape index (κ2) is 10.1. The van der Waals surface area contributed by atoms with Gasteiger partial charge in [0, 0.05) is 37.8 Å². The van der Waals surface area contributed by atoms with Crippen molar-refractivity contribution >= 4 is 17.6 Å². The largest absolute Gasteiger partial charge is 0.340 e. The van der Waals surface area contributed by atoms with E-state index in [1.165, 1.54) is 44.2 Å². The van der Waals surface area contributed by atoms with Gasteiger partial charge in [0.25, 0.3) is 5.91 Å². The predicted octanol–water partition coefficient (Wildman–Crippen LogP) is 4.50. The summed E-state index contributed by atoms with van der Waals surface area (Å²) in [6.07, 6.45) is 6.60. The third-order valence-electron chi connectivity index (χ3n) is 6.25. The number of carbonyl (C=O) groups excluding carboxylic acids is 1. The highest BCUT2D eigenvalue weighted by molar-refractivity contribution is 6.06. The van der Waals surface area contributed by atoms with E-state index in [-0.39, 0.29) is 11.5 Å². The Bertz CT molecular complexity index is 931. The van der Waals surface area contributed by atoms with Gasteiger partial charge in [-0.25, -0.2) is 9.38 Å². The molecule has 6 heteroatoms. The Kier molecular flexibility index (Phi) is 6.97. The highest BCUT2D eigenvalue weighted by Crippen LogP contribution is 2.24. The minimum Gasteiger partial charge on any atom is -0.340 e. The monoisotopic (exact) mass is 422 g/mol. The van der Waals surface area contributed by atoms with E-state index in [1.807, 2.05) is 31.2 Å². The van der Waals surface area contributed by atoms with Crippen LogP contribution in [0.15, 0.2) is 53.5 Å². The number of hydrogen-bond donors (Lipinski definition) is 1. The van der Waals surface area contributed by atoms with Crippen LogP contribution in [0, 0.1) is 12.7 Å². The van der Waals surface area contributed by atoms with E-state index in [4.69, 9.17) is 4.99 Å². The smallest absolute Gasteiger partial charge is 0.258 e. The molecule has 1 N–H and O–H groups in total. The van der Waals surface area contributed by atoms with Gasteiger partial charge < -0.3 is 4.90 Å². The van der Waals surface area contributed by atoms with Crippen molar-refractivity contribution in [3.8, 4) is 0 Å². The first kappa shape index (κ1) is 21.5. The van der Waals surface area contributed by atoms with Crippen LogP contribution in [0.2, 0.25) is 0 Å². The maximum absolute atomic E-state index is 13.6. The summed E-state index contributed by atoms with van der Waals surface area (Å²) in [4.78, 5) is 22.3. The molecule has 0 radical (unpaired) electrons. The van der Waals surface area contributed by atoms with Gasteiger partial charge in [-0.1, -0.05) is 37.5 Å². The van der Waals surface area contributed by atoms with Crippen molar-refractivity contribution < 1.29 is 9.18 Å². The van der Waals surface area contributed by atoms with Crippen molar-refractivity contribution in [2.45, 2.75) is 45.1 Å². The van der Waals surface area contributed by atoms with Gasteiger partial charge in [-0.15, -0.1) is 0 Å². The van der Waals surface area contributed by atoms with Crippen molar-refractivity contribution in [2.24, 2.45) is 4.99 Å². The lowest BCUT2D eigenvalue weighted by atomic mass is 9.94. The number of benzene rings is 2. The van der Waals surface area contributed by atoms with Crippen LogP contribution in [-0.2, 0) is 0 Å². The molecule has 1 saturated carbocycles. The van der Waals surface area contributed by atoms with E-state index in [2.05, 4.69) is 15.1 Å². The molecule has 0 spiro atoms. The van der Waals surface area contributed by atoms with Gasteiger partial charge in [-0.2, -0.15) is 0 Å². The standard InChI is InChI=1S/C25H31FN4O/c1-19-7-5-10-22(17-19)27-25(28-24(31)20-8-6-9-21(26)18-20)30-15-13-29(14-16-30)23-11-3-2-4-12-23/h5-10,17-18,23H,2-4,11-16H2,1H3,(H,27,28,31). The summed E-state index contributed by atoms with van der Waals surface area (Å²) in [6, 6.07) is 14.3. The van der Waals surface area contributed by atoms with Gasteiger partial charge in [-0.3, -0.25) is 15.0 Å². The number of guanidine groups is 1. The Balaban J connectivity index is 1.50. The Morgan fingerprint density at radius 3 is 2.45 bits per heavy atom. The molecule has 2 aromatic carbocycles. The van der Waals surface area contributed by atoms with Crippen LogP contribution in [0.4, 0.5) is 10.1 Å². The van der Waals surface area contributed by atoms with Crippen LogP contribution in [0.5, 0.6) is 0 Å². The zero-order valence-corrected chi connectivity index (χ0v) is 18.2. The van der Waals surface area contributed by atoms with Crippen LogP contribution in [0.25, 0.3) is 0 Å². The lowest BCUT2D eigenvalue weighted by molar-refractivity contribution is 0.0943. The molecule has 0 unspecified atom stereocenters. The number of rotatable bonds is 3. The molecule has 2 aromatic rings. The minimum atomic E-state index is -0.425. The second-order valence-corrected chi connectivity index (χ2v) is 8.55. The molecule has 1 aliphatic carbocycles. The van der Waals surface area contributed by atoms with Gasteiger partial charge in [0.15, 0.2) is 0 Å². The number of hydrogen-bond acceptors (Lipinski definition) is 3. The number of carbonyl (C=O) groups is 1. The Morgan fingerprint density at radius 2 is 1.74 bits per heavy atom. The fourth-order valence-electron chi connectivity index (χ4n) is 4.55. The van der Waals surface area contributed by atoms with Crippen molar-refractivity contribution in [1.82, 2.24) is 15.1 Å². The van der Waals surface area contributed by atoms with E-state index in [0.717, 1.165) is 37.4 Å². The normalized spacial score (nSPS) is 18.8. The summed E-state index contributed by atoms with van der Waals surface area (Å²) >= 11 is 0. The number of nitrogens with one attached hydrogen (secondary N) is 1. The summed E-state index contributed by atoms with van der Waals surface area (Å²) in [5.74, 6) is -0.241. The quantitative estimate of drug-likeness (QED) is 0.585. The summed E-state index contributed by atoms with van der Waals surface area (Å²) in [6.45, 7) is 5.57. The first-order chi connectivity index (χ1) is 15.1. The van der Waals surface area contributed by atoms with Gasteiger partial charge >= 0.3 is 0 Å². The first-order valence-corrected chi connectivity index (χ1v) is 11.3. The number of piperazine rings is 1. The number of aliphatic imine (C=N–C) groups is 1. The average molecular weight is 423 g/mol. The number of nitrogens with zero attached hydrogens (tertiary/aromatic N) is 3. The van der Waals surface area contributed by atoms with Crippen LogP contribution in [0.3, 0.4) is 0 Å².